The Morgan fingerprint density at radius 3 is 1.75 bits per heavy atom. The number of furan rings is 1. The Morgan fingerprint density at radius 1 is 0.344 bits per heavy atom. The summed E-state index contributed by atoms with van der Waals surface area (Å²) in [5, 5.41) is 6.98. The van der Waals surface area contributed by atoms with Crippen molar-refractivity contribution in [2.45, 2.75) is 19.3 Å². The summed E-state index contributed by atoms with van der Waals surface area (Å²) in [6, 6.07) is 77.4. The van der Waals surface area contributed by atoms with Crippen molar-refractivity contribution in [2.24, 2.45) is 0 Å². The summed E-state index contributed by atoms with van der Waals surface area (Å²) in [6.07, 6.45) is 0. The van der Waals surface area contributed by atoms with Crippen molar-refractivity contribution in [1.29, 1.82) is 0 Å². The molecule has 12 rings (SSSR count). The van der Waals surface area contributed by atoms with E-state index in [1.54, 1.807) is 0 Å². The predicted octanol–water partition coefficient (Wildman–Crippen LogP) is 16.7. The quantitative estimate of drug-likeness (QED) is 0.167. The lowest BCUT2D eigenvalue weighted by Crippen LogP contribution is -2.16. The average molecular weight is 780 g/mol. The minimum absolute atomic E-state index is 0.132. The molecule has 0 fully saturated rings. The maximum atomic E-state index is 6.78. The predicted molar refractivity (Wildman–Crippen MR) is 257 cm³/mol. The van der Waals surface area contributed by atoms with Crippen LogP contribution >= 0.6 is 0 Å². The van der Waals surface area contributed by atoms with Gasteiger partial charge in [0, 0.05) is 38.6 Å². The molecule has 0 saturated heterocycles. The summed E-state index contributed by atoms with van der Waals surface area (Å²) in [4.78, 5) is 2.41. The van der Waals surface area contributed by atoms with Gasteiger partial charge in [0.25, 0.3) is 0 Å². The van der Waals surface area contributed by atoms with Gasteiger partial charge in [-0.3, -0.25) is 0 Å². The highest BCUT2D eigenvalue weighted by Gasteiger charge is 2.35. The fraction of sp³-hybridized carbons (Fsp3) is 0.0508. The normalized spacial score (nSPS) is 12.9. The first-order valence-electron chi connectivity index (χ1n) is 21.2. The minimum Gasteiger partial charge on any atom is -0.455 e. The molecule has 0 N–H and O–H groups in total. The van der Waals surface area contributed by atoms with Gasteiger partial charge in [0.2, 0.25) is 0 Å². The highest BCUT2D eigenvalue weighted by molar-refractivity contribution is 6.19. The van der Waals surface area contributed by atoms with E-state index >= 15 is 0 Å². The van der Waals surface area contributed by atoms with Crippen LogP contribution in [-0.2, 0) is 5.41 Å². The molecule has 61 heavy (non-hydrogen) atoms. The number of benzene rings is 10. The topological polar surface area (TPSA) is 16.4 Å². The summed E-state index contributed by atoms with van der Waals surface area (Å²) in [5.41, 5.74) is 17.5. The molecule has 0 atom stereocenters. The van der Waals surface area contributed by atoms with Crippen LogP contribution in [0.25, 0.3) is 88.0 Å². The number of hydrogen-bond acceptors (Lipinski definition) is 2. The van der Waals surface area contributed by atoms with E-state index in [9.17, 15) is 0 Å². The van der Waals surface area contributed by atoms with Crippen LogP contribution < -0.4 is 4.90 Å². The SMILES string of the molecule is CC1(C)c2ccccc2-c2ccc(N(c3ccc(-c4cccc5ccccc45)cc3)c3ccc4oc5c6ccccc6c(-c6ccc(-c7ccccc7)cc6)cc5c4c3)cc21. The molecule has 0 unspecified atom stereocenters. The zero-order chi connectivity index (χ0) is 40.7. The molecule has 1 aliphatic rings. The molecule has 0 spiro atoms. The zero-order valence-corrected chi connectivity index (χ0v) is 34.1. The van der Waals surface area contributed by atoms with Crippen LogP contribution in [0.2, 0.25) is 0 Å². The second-order valence-corrected chi connectivity index (χ2v) is 16.9. The van der Waals surface area contributed by atoms with Crippen molar-refractivity contribution in [3.05, 3.63) is 223 Å². The van der Waals surface area contributed by atoms with Gasteiger partial charge >= 0.3 is 0 Å². The van der Waals surface area contributed by atoms with Gasteiger partial charge in [-0.15, -0.1) is 0 Å². The molecule has 0 bridgehead atoms. The van der Waals surface area contributed by atoms with Crippen LogP contribution in [0.1, 0.15) is 25.0 Å². The summed E-state index contributed by atoms with van der Waals surface area (Å²) < 4.78 is 6.78. The fourth-order valence-corrected chi connectivity index (χ4v) is 9.98. The lowest BCUT2D eigenvalue weighted by Gasteiger charge is -2.28. The van der Waals surface area contributed by atoms with E-state index in [1.165, 1.54) is 71.8 Å². The largest absolute Gasteiger partial charge is 0.455 e. The Morgan fingerprint density at radius 2 is 0.918 bits per heavy atom. The maximum Gasteiger partial charge on any atom is 0.143 e. The minimum atomic E-state index is -0.132. The third-order valence-electron chi connectivity index (χ3n) is 13.1. The molecule has 10 aromatic carbocycles. The summed E-state index contributed by atoms with van der Waals surface area (Å²) >= 11 is 0. The van der Waals surface area contributed by atoms with E-state index in [1.807, 2.05) is 0 Å². The first kappa shape index (κ1) is 35.3. The van der Waals surface area contributed by atoms with Gasteiger partial charge in [0.05, 0.1) is 0 Å². The first-order valence-corrected chi connectivity index (χ1v) is 21.2. The molecular weight excluding hydrogens is 739 g/mol. The van der Waals surface area contributed by atoms with Crippen LogP contribution in [0.15, 0.2) is 217 Å². The average Bonchev–Trinajstić information content (AvgIpc) is 3.80. The molecule has 2 nitrogen and oxygen atoms in total. The first-order chi connectivity index (χ1) is 30.0. The number of anilines is 3. The van der Waals surface area contributed by atoms with Crippen molar-refractivity contribution in [1.82, 2.24) is 0 Å². The number of rotatable bonds is 6. The van der Waals surface area contributed by atoms with E-state index in [2.05, 4.69) is 231 Å². The number of nitrogens with zero attached hydrogens (tertiary/aromatic N) is 1. The molecule has 1 aliphatic carbocycles. The van der Waals surface area contributed by atoms with E-state index in [-0.39, 0.29) is 5.41 Å². The molecule has 2 heteroatoms. The third-order valence-corrected chi connectivity index (χ3v) is 13.1. The molecule has 1 heterocycles. The Labute approximate surface area is 355 Å². The van der Waals surface area contributed by atoms with Crippen LogP contribution in [0.5, 0.6) is 0 Å². The number of fused-ring (bicyclic) bond motifs is 9. The lowest BCUT2D eigenvalue weighted by molar-refractivity contribution is 0.660. The van der Waals surface area contributed by atoms with Crippen LogP contribution in [0.4, 0.5) is 17.1 Å². The van der Waals surface area contributed by atoms with Gasteiger partial charge in [-0.1, -0.05) is 178 Å². The second-order valence-electron chi connectivity index (χ2n) is 16.9. The Hall–Kier alpha value is -7.68. The van der Waals surface area contributed by atoms with E-state index in [0.29, 0.717) is 0 Å². The van der Waals surface area contributed by atoms with Gasteiger partial charge in [0.15, 0.2) is 0 Å². The molecule has 11 aromatic rings. The highest BCUT2D eigenvalue weighted by Crippen LogP contribution is 2.51. The smallest absolute Gasteiger partial charge is 0.143 e. The molecular formula is C59H41NO. The summed E-state index contributed by atoms with van der Waals surface area (Å²) in [7, 11) is 0. The van der Waals surface area contributed by atoms with Crippen molar-refractivity contribution in [2.75, 3.05) is 4.90 Å². The molecule has 0 amide bonds. The van der Waals surface area contributed by atoms with Crippen molar-refractivity contribution in [3.8, 4) is 44.5 Å². The third kappa shape index (κ3) is 5.64. The van der Waals surface area contributed by atoms with Crippen molar-refractivity contribution in [3.63, 3.8) is 0 Å². The van der Waals surface area contributed by atoms with Gasteiger partial charge in [-0.05, 0) is 120 Å². The second kappa shape index (κ2) is 13.7. The maximum absolute atomic E-state index is 6.78. The molecule has 1 aromatic heterocycles. The van der Waals surface area contributed by atoms with E-state index < -0.39 is 0 Å². The van der Waals surface area contributed by atoms with Crippen molar-refractivity contribution < 1.29 is 4.42 Å². The molecule has 0 aliphatic heterocycles. The summed E-state index contributed by atoms with van der Waals surface area (Å²) in [5.74, 6) is 0. The van der Waals surface area contributed by atoms with Crippen LogP contribution in [0.3, 0.4) is 0 Å². The highest BCUT2D eigenvalue weighted by atomic mass is 16.3. The van der Waals surface area contributed by atoms with Gasteiger partial charge in [-0.25, -0.2) is 0 Å². The lowest BCUT2D eigenvalue weighted by atomic mass is 9.82. The van der Waals surface area contributed by atoms with Gasteiger partial charge < -0.3 is 9.32 Å². The van der Waals surface area contributed by atoms with Gasteiger partial charge in [-0.2, -0.15) is 0 Å². The van der Waals surface area contributed by atoms with Crippen LogP contribution in [0, 0.1) is 0 Å². The monoisotopic (exact) mass is 779 g/mol. The van der Waals surface area contributed by atoms with Crippen molar-refractivity contribution >= 4 is 60.5 Å². The molecule has 0 saturated carbocycles. The van der Waals surface area contributed by atoms with E-state index in [0.717, 1.165) is 44.4 Å². The molecule has 288 valence electrons. The Bertz CT molecular complexity index is 3480. The summed E-state index contributed by atoms with van der Waals surface area (Å²) in [6.45, 7) is 4.71. The van der Waals surface area contributed by atoms with Crippen LogP contribution in [-0.4, -0.2) is 0 Å². The standard InChI is InChI=1S/C59H41NO/c1-59(2)55-22-11-10-19-49(55)50-33-31-45(36-56(50)59)60(43-29-27-41(28-30-43)47-21-12-16-40-15-6-7-17-46(40)47)44-32-34-57-53(35-44)54-37-52(48-18-8-9-20-51(48)58(54)61-57)42-25-23-39(24-26-42)38-13-4-3-5-14-38/h3-37H,1-2H3. The van der Waals surface area contributed by atoms with Gasteiger partial charge in [0.1, 0.15) is 11.2 Å². The molecule has 0 radical (unpaired) electrons. The van der Waals surface area contributed by atoms with E-state index in [4.69, 9.17) is 4.42 Å². The Balaban J connectivity index is 1.03. The fourth-order valence-electron chi connectivity index (χ4n) is 9.98. The Kier molecular flexibility index (Phi) is 7.92. The zero-order valence-electron chi connectivity index (χ0n) is 34.1. The number of hydrogen-bond donors (Lipinski definition) is 0.